The normalized spacial score (nSPS) is 14.2. The number of alkyl halides is 9. The summed E-state index contributed by atoms with van der Waals surface area (Å²) in [6.45, 7) is 2.21. The Morgan fingerprint density at radius 3 is 1.70 bits per heavy atom. The Morgan fingerprint density at radius 1 is 1.00 bits per heavy atom. The highest BCUT2D eigenvalue weighted by Gasteiger charge is 2.65. The lowest BCUT2D eigenvalue weighted by molar-refractivity contribution is -0.460. The molecule has 0 heterocycles. The molecule has 0 radical (unpaired) electrons. The molecule has 0 atom stereocenters. The quantitative estimate of drug-likeness (QED) is 0.602. The number of ether oxygens (including phenoxy) is 1. The fraction of sp³-hybridized carbons (Fsp3) is 0.625. The van der Waals surface area contributed by atoms with Crippen LogP contribution < -0.4 is 0 Å². The van der Waals surface area contributed by atoms with Crippen molar-refractivity contribution in [1.29, 1.82) is 0 Å². The van der Waals surface area contributed by atoms with E-state index in [0.29, 0.717) is 0 Å². The van der Waals surface area contributed by atoms with Crippen molar-refractivity contribution in [3.05, 3.63) is 12.2 Å². The van der Waals surface area contributed by atoms with Crippen molar-refractivity contribution in [1.82, 2.24) is 0 Å². The van der Waals surface area contributed by atoms with Crippen LogP contribution in [-0.2, 0) is 9.53 Å². The van der Waals surface area contributed by atoms with E-state index in [9.17, 15) is 44.3 Å². The number of halogens is 9. The molecule has 12 heteroatoms. The van der Waals surface area contributed by atoms with Gasteiger partial charge in [0.2, 0.25) is 0 Å². The summed E-state index contributed by atoms with van der Waals surface area (Å²) in [6, 6.07) is 0. The summed E-state index contributed by atoms with van der Waals surface area (Å²) in [5.74, 6) is -7.40. The fourth-order valence-corrected chi connectivity index (χ4v) is 0.803. The zero-order chi connectivity index (χ0) is 16.6. The predicted molar refractivity (Wildman–Crippen MR) is 43.4 cm³/mol. The van der Waals surface area contributed by atoms with Crippen LogP contribution in [0.4, 0.5) is 39.5 Å². The highest BCUT2D eigenvalue weighted by Crippen LogP contribution is 2.44. The van der Waals surface area contributed by atoms with Crippen molar-refractivity contribution in [3.63, 3.8) is 0 Å². The summed E-state index contributed by atoms with van der Waals surface area (Å²) >= 11 is 0. The van der Waals surface area contributed by atoms with Gasteiger partial charge >= 0.3 is 24.4 Å². The molecular formula is C8H5F9O3. The summed E-state index contributed by atoms with van der Waals surface area (Å²) < 4.78 is 112. The summed E-state index contributed by atoms with van der Waals surface area (Å²) in [5.41, 5.74) is -2.11. The number of rotatable bonds is 6. The van der Waals surface area contributed by atoms with Crippen LogP contribution >= 0.6 is 0 Å². The van der Waals surface area contributed by atoms with Crippen molar-refractivity contribution in [2.45, 2.75) is 30.7 Å². The first-order valence-electron chi connectivity index (χ1n) is 4.35. The number of aliphatic carboxylic acids is 1. The van der Waals surface area contributed by atoms with Gasteiger partial charge in [-0.15, -0.1) is 0 Å². The number of carboxylic acid groups (broad SMARTS) is 1. The molecule has 1 N–H and O–H groups in total. The molecule has 0 aliphatic carbocycles. The van der Waals surface area contributed by atoms with Gasteiger partial charge in [-0.1, -0.05) is 6.58 Å². The molecule has 20 heavy (non-hydrogen) atoms. The zero-order valence-corrected chi connectivity index (χ0v) is 9.08. The van der Waals surface area contributed by atoms with Crippen LogP contribution in [-0.4, -0.2) is 35.4 Å². The maximum Gasteiger partial charge on any atom is 0.483 e. The molecule has 0 aromatic carbocycles. The smallest absolute Gasteiger partial charge is 0.478 e. The number of hydrogen-bond donors (Lipinski definition) is 1. The van der Waals surface area contributed by atoms with Crippen LogP contribution in [0.2, 0.25) is 0 Å². The van der Waals surface area contributed by atoms with Crippen LogP contribution in [0.5, 0.6) is 0 Å². The van der Waals surface area contributed by atoms with Crippen molar-refractivity contribution >= 4 is 5.97 Å². The molecule has 0 fully saturated rings. The van der Waals surface area contributed by atoms with Crippen molar-refractivity contribution in [2.75, 3.05) is 0 Å². The van der Waals surface area contributed by atoms with E-state index < -0.39 is 42.3 Å². The van der Waals surface area contributed by atoms with Crippen LogP contribution in [0.1, 0.15) is 6.42 Å². The molecule has 0 unspecified atom stereocenters. The molecule has 0 aliphatic rings. The second-order valence-corrected chi connectivity index (χ2v) is 3.42. The Bertz CT molecular complexity index is 398. The van der Waals surface area contributed by atoms with Gasteiger partial charge < -0.3 is 5.11 Å². The Labute approximate surface area is 104 Å². The maximum atomic E-state index is 12.9. The van der Waals surface area contributed by atoms with E-state index in [-0.39, 0.29) is 0 Å². The number of carbonyl (C=O) groups is 1. The average Bonchev–Trinajstić information content (AvgIpc) is 2.10. The van der Waals surface area contributed by atoms with E-state index in [1.165, 1.54) is 0 Å². The average molecular weight is 320 g/mol. The first-order chi connectivity index (χ1) is 8.52. The second-order valence-electron chi connectivity index (χ2n) is 3.42. The molecule has 0 aromatic rings. The van der Waals surface area contributed by atoms with Gasteiger partial charge in [0.15, 0.2) is 0 Å². The molecule has 0 saturated carbocycles. The van der Waals surface area contributed by atoms with Crippen molar-refractivity contribution in [2.24, 2.45) is 0 Å². The summed E-state index contributed by atoms with van der Waals surface area (Å²) in [6.07, 6.45) is -21.6. The SMILES string of the molecule is C=C(C(=O)O)C(F)(F)CC(F)(F)OC(F)(F)C(F)(F)F. The Hall–Kier alpha value is -1.46. The lowest BCUT2D eigenvalue weighted by Gasteiger charge is -2.27. The highest BCUT2D eigenvalue weighted by atomic mass is 19.4. The minimum Gasteiger partial charge on any atom is -0.478 e. The van der Waals surface area contributed by atoms with Gasteiger partial charge in [0.05, 0.1) is 5.57 Å². The van der Waals surface area contributed by atoms with E-state index in [0.717, 1.165) is 0 Å². The fourth-order valence-electron chi connectivity index (χ4n) is 0.803. The third-order valence-corrected chi connectivity index (χ3v) is 1.74. The third kappa shape index (κ3) is 4.58. The van der Waals surface area contributed by atoms with E-state index in [2.05, 4.69) is 6.58 Å². The zero-order valence-electron chi connectivity index (χ0n) is 9.08. The second kappa shape index (κ2) is 5.14. The maximum absolute atomic E-state index is 12.9. The van der Waals surface area contributed by atoms with Gasteiger partial charge in [-0.25, -0.2) is 18.3 Å². The first-order valence-corrected chi connectivity index (χ1v) is 4.35. The van der Waals surface area contributed by atoms with E-state index in [4.69, 9.17) is 5.11 Å². The summed E-state index contributed by atoms with van der Waals surface area (Å²) in [4.78, 5) is 10.1. The van der Waals surface area contributed by atoms with Gasteiger partial charge in [0, 0.05) is 0 Å². The largest absolute Gasteiger partial charge is 0.483 e. The van der Waals surface area contributed by atoms with Crippen molar-refractivity contribution in [3.8, 4) is 0 Å². The van der Waals surface area contributed by atoms with Crippen LogP contribution in [0.25, 0.3) is 0 Å². The number of hydrogen-bond acceptors (Lipinski definition) is 2. The monoisotopic (exact) mass is 320 g/mol. The third-order valence-electron chi connectivity index (χ3n) is 1.74. The molecule has 0 aromatic heterocycles. The number of carboxylic acids is 1. The van der Waals surface area contributed by atoms with Gasteiger partial charge in [-0.2, -0.15) is 30.7 Å². The minimum atomic E-state index is -6.56. The van der Waals surface area contributed by atoms with E-state index in [1.807, 2.05) is 4.74 Å². The van der Waals surface area contributed by atoms with E-state index in [1.54, 1.807) is 0 Å². The van der Waals surface area contributed by atoms with Gasteiger partial charge in [-0.3, -0.25) is 0 Å². The molecule has 0 rings (SSSR count). The summed E-state index contributed by atoms with van der Waals surface area (Å²) in [7, 11) is 0. The molecular weight excluding hydrogens is 315 g/mol. The van der Waals surface area contributed by atoms with Crippen LogP contribution in [0.3, 0.4) is 0 Å². The Kier molecular flexibility index (Phi) is 4.77. The first kappa shape index (κ1) is 18.5. The van der Waals surface area contributed by atoms with Gasteiger partial charge in [0.1, 0.15) is 6.42 Å². The molecule has 0 bridgehead atoms. The lowest BCUT2D eigenvalue weighted by atomic mass is 10.1. The molecule has 0 aliphatic heterocycles. The molecule has 0 saturated heterocycles. The molecule has 0 spiro atoms. The topological polar surface area (TPSA) is 46.5 Å². The van der Waals surface area contributed by atoms with Crippen LogP contribution in [0, 0.1) is 0 Å². The van der Waals surface area contributed by atoms with Gasteiger partial charge in [-0.05, 0) is 0 Å². The molecule has 3 nitrogen and oxygen atoms in total. The minimum absolute atomic E-state index is 2.05. The van der Waals surface area contributed by atoms with Gasteiger partial charge in [0.25, 0.3) is 5.92 Å². The van der Waals surface area contributed by atoms with E-state index >= 15 is 0 Å². The van der Waals surface area contributed by atoms with Crippen LogP contribution in [0.15, 0.2) is 12.2 Å². The lowest BCUT2D eigenvalue weighted by Crippen LogP contribution is -2.46. The molecule has 0 amide bonds. The molecule has 118 valence electrons. The summed E-state index contributed by atoms with van der Waals surface area (Å²) in [5, 5.41) is 8.08. The Balaban J connectivity index is 5.10. The van der Waals surface area contributed by atoms with Crippen molar-refractivity contribution < 1.29 is 54.2 Å². The standard InChI is InChI=1S/C8H5F9O3/c1-3(4(18)19)5(9,10)2-6(11,12)20-8(16,17)7(13,14)15/h1-2H2,(H,18,19). The Morgan fingerprint density at radius 2 is 1.40 bits per heavy atom. The predicted octanol–water partition coefficient (Wildman–Crippen LogP) is 3.42. The highest BCUT2D eigenvalue weighted by molar-refractivity contribution is 5.87.